The van der Waals surface area contributed by atoms with Crippen LogP contribution in [0.1, 0.15) is 25.7 Å². The predicted molar refractivity (Wildman–Crippen MR) is 56.4 cm³/mol. The Morgan fingerprint density at radius 1 is 1.50 bits per heavy atom. The van der Waals surface area contributed by atoms with Gasteiger partial charge < -0.3 is 5.73 Å². The van der Waals surface area contributed by atoms with Crippen LogP contribution in [0.2, 0.25) is 0 Å². The maximum Gasteiger partial charge on any atom is 0.251 e. The minimum atomic E-state index is -0.463. The highest BCUT2D eigenvalue weighted by atomic mass is 16.2. The summed E-state index contributed by atoms with van der Waals surface area (Å²) in [5.41, 5.74) is 8.46. The van der Waals surface area contributed by atoms with Gasteiger partial charge in [0.05, 0.1) is 6.04 Å². The third-order valence-electron chi connectivity index (χ3n) is 2.38. The average molecular weight is 197 g/mol. The van der Waals surface area contributed by atoms with E-state index in [1.165, 1.54) is 6.42 Å². The molecule has 4 nitrogen and oxygen atoms in total. The Labute approximate surface area is 85.1 Å². The van der Waals surface area contributed by atoms with Crippen LogP contribution in [0, 0.1) is 0 Å². The van der Waals surface area contributed by atoms with Gasteiger partial charge in [-0.05, 0) is 19.3 Å². The number of rotatable bonds is 4. The van der Waals surface area contributed by atoms with Crippen LogP contribution in [0.4, 0.5) is 0 Å². The number of nitrogens with one attached hydrogen (secondary N) is 1. The van der Waals surface area contributed by atoms with E-state index in [9.17, 15) is 4.79 Å². The number of hydrazine groups is 1. The summed E-state index contributed by atoms with van der Waals surface area (Å²) < 4.78 is 0. The van der Waals surface area contributed by atoms with Crippen molar-refractivity contribution >= 4 is 5.91 Å². The van der Waals surface area contributed by atoms with Crippen molar-refractivity contribution in [2.24, 2.45) is 5.73 Å². The molecule has 0 bridgehead atoms. The molecule has 14 heavy (non-hydrogen) atoms. The molecule has 1 rings (SSSR count). The second-order valence-corrected chi connectivity index (χ2v) is 3.65. The summed E-state index contributed by atoms with van der Waals surface area (Å²) >= 11 is 0. The molecule has 1 saturated heterocycles. The average Bonchev–Trinajstić information content (AvgIpc) is 2.19. The van der Waals surface area contributed by atoms with Gasteiger partial charge >= 0.3 is 0 Å². The maximum atomic E-state index is 11.5. The zero-order valence-corrected chi connectivity index (χ0v) is 8.54. The van der Waals surface area contributed by atoms with Crippen molar-refractivity contribution in [2.45, 2.75) is 31.7 Å². The molecule has 0 aromatic carbocycles. The molecule has 1 amide bonds. The zero-order chi connectivity index (χ0) is 10.4. The van der Waals surface area contributed by atoms with E-state index in [0.29, 0.717) is 6.42 Å². The Hall–Kier alpha value is -0.870. The number of piperidine rings is 1. The number of hydrogen-bond donors (Lipinski definition) is 2. The molecular weight excluding hydrogens is 178 g/mol. The van der Waals surface area contributed by atoms with Crippen molar-refractivity contribution in [1.82, 2.24) is 10.4 Å². The molecule has 0 aromatic heterocycles. The smallest absolute Gasteiger partial charge is 0.251 e. The number of nitrogens with zero attached hydrogens (tertiary/aromatic N) is 1. The molecule has 0 aromatic rings. The first-order valence-corrected chi connectivity index (χ1v) is 5.16. The van der Waals surface area contributed by atoms with Gasteiger partial charge in [-0.3, -0.25) is 10.2 Å². The first-order valence-electron chi connectivity index (χ1n) is 5.16. The van der Waals surface area contributed by atoms with Gasteiger partial charge in [0, 0.05) is 13.1 Å². The molecule has 1 aliphatic heterocycles. The number of carbonyl (C=O) groups excluding carboxylic acids is 1. The minimum absolute atomic E-state index is 0.105. The van der Waals surface area contributed by atoms with Gasteiger partial charge in [-0.2, -0.15) is 0 Å². The number of amides is 1. The Bertz CT molecular complexity index is 200. The zero-order valence-electron chi connectivity index (χ0n) is 8.54. The van der Waals surface area contributed by atoms with Crippen molar-refractivity contribution in [3.05, 3.63) is 12.7 Å². The standard InChI is InChI=1S/C10H19N3O/c1-2-6-9(11)10(14)12-13-7-4-3-5-8-13/h2,9H,1,3-8,11H2,(H,12,14). The van der Waals surface area contributed by atoms with Crippen LogP contribution in [0.15, 0.2) is 12.7 Å². The number of hydrogen-bond acceptors (Lipinski definition) is 3. The van der Waals surface area contributed by atoms with Crippen molar-refractivity contribution in [2.75, 3.05) is 13.1 Å². The van der Waals surface area contributed by atoms with E-state index in [4.69, 9.17) is 5.73 Å². The SMILES string of the molecule is C=CCC(N)C(=O)NN1CCCCC1. The highest BCUT2D eigenvalue weighted by Crippen LogP contribution is 2.05. The quantitative estimate of drug-likeness (QED) is 0.642. The van der Waals surface area contributed by atoms with Crippen LogP contribution in [0.5, 0.6) is 0 Å². The lowest BCUT2D eigenvalue weighted by Crippen LogP contribution is -2.51. The van der Waals surface area contributed by atoms with Gasteiger partial charge in [-0.25, -0.2) is 5.01 Å². The van der Waals surface area contributed by atoms with Crippen LogP contribution >= 0.6 is 0 Å². The summed E-state index contributed by atoms with van der Waals surface area (Å²) in [4.78, 5) is 11.5. The van der Waals surface area contributed by atoms with E-state index >= 15 is 0 Å². The summed E-state index contributed by atoms with van der Waals surface area (Å²) in [5, 5.41) is 1.95. The van der Waals surface area contributed by atoms with Crippen LogP contribution < -0.4 is 11.2 Å². The van der Waals surface area contributed by atoms with E-state index in [-0.39, 0.29) is 5.91 Å². The molecule has 1 atom stereocenters. The van der Waals surface area contributed by atoms with E-state index in [1.807, 2.05) is 5.01 Å². The maximum absolute atomic E-state index is 11.5. The highest BCUT2D eigenvalue weighted by Gasteiger charge is 2.16. The number of carbonyl (C=O) groups is 1. The van der Waals surface area contributed by atoms with Crippen LogP contribution in [-0.4, -0.2) is 30.0 Å². The second-order valence-electron chi connectivity index (χ2n) is 3.65. The second kappa shape index (κ2) is 5.78. The Morgan fingerprint density at radius 3 is 2.71 bits per heavy atom. The minimum Gasteiger partial charge on any atom is -0.320 e. The van der Waals surface area contributed by atoms with Gasteiger partial charge in [-0.15, -0.1) is 6.58 Å². The fourth-order valence-electron chi connectivity index (χ4n) is 1.53. The van der Waals surface area contributed by atoms with Gasteiger partial charge in [0.15, 0.2) is 0 Å². The molecule has 3 N–H and O–H groups in total. The van der Waals surface area contributed by atoms with E-state index in [2.05, 4.69) is 12.0 Å². The molecular formula is C10H19N3O. The molecule has 0 saturated carbocycles. The summed E-state index contributed by atoms with van der Waals surface area (Å²) in [7, 11) is 0. The molecule has 1 unspecified atom stereocenters. The van der Waals surface area contributed by atoms with Crippen molar-refractivity contribution in [1.29, 1.82) is 0 Å². The molecule has 1 fully saturated rings. The van der Waals surface area contributed by atoms with Gasteiger partial charge in [0.25, 0.3) is 5.91 Å². The summed E-state index contributed by atoms with van der Waals surface area (Å²) in [5.74, 6) is -0.105. The van der Waals surface area contributed by atoms with Gasteiger partial charge in [0.2, 0.25) is 0 Å². The van der Waals surface area contributed by atoms with Crippen molar-refractivity contribution in [3.8, 4) is 0 Å². The van der Waals surface area contributed by atoms with Gasteiger partial charge in [0.1, 0.15) is 0 Å². The van der Waals surface area contributed by atoms with Crippen molar-refractivity contribution < 1.29 is 4.79 Å². The van der Waals surface area contributed by atoms with Crippen LogP contribution in [0.3, 0.4) is 0 Å². The molecule has 0 spiro atoms. The first-order chi connectivity index (χ1) is 6.74. The topological polar surface area (TPSA) is 58.4 Å². The Kier molecular flexibility index (Phi) is 4.62. The van der Waals surface area contributed by atoms with E-state index in [0.717, 1.165) is 25.9 Å². The Morgan fingerprint density at radius 2 is 2.14 bits per heavy atom. The van der Waals surface area contributed by atoms with Crippen LogP contribution in [-0.2, 0) is 4.79 Å². The largest absolute Gasteiger partial charge is 0.320 e. The first kappa shape index (κ1) is 11.2. The molecule has 0 aliphatic carbocycles. The monoisotopic (exact) mass is 197 g/mol. The summed E-state index contributed by atoms with van der Waals surface area (Å²) in [6.07, 6.45) is 5.75. The lowest BCUT2D eigenvalue weighted by molar-refractivity contribution is -0.127. The lowest BCUT2D eigenvalue weighted by atomic mass is 10.1. The molecule has 1 heterocycles. The summed E-state index contributed by atoms with van der Waals surface area (Å²) in [6.45, 7) is 5.43. The van der Waals surface area contributed by atoms with E-state index in [1.54, 1.807) is 6.08 Å². The van der Waals surface area contributed by atoms with Crippen molar-refractivity contribution in [3.63, 3.8) is 0 Å². The third kappa shape index (κ3) is 3.47. The Balaban J connectivity index is 2.27. The van der Waals surface area contributed by atoms with Crippen LogP contribution in [0.25, 0.3) is 0 Å². The number of nitrogens with two attached hydrogens (primary N) is 1. The highest BCUT2D eigenvalue weighted by molar-refractivity contribution is 5.81. The molecule has 4 heteroatoms. The molecule has 80 valence electrons. The lowest BCUT2D eigenvalue weighted by Gasteiger charge is -2.27. The summed E-state index contributed by atoms with van der Waals surface area (Å²) in [6, 6.07) is -0.463. The normalized spacial score (nSPS) is 20.1. The molecule has 1 aliphatic rings. The fraction of sp³-hybridized carbons (Fsp3) is 0.700. The molecule has 0 radical (unpaired) electrons. The van der Waals surface area contributed by atoms with E-state index < -0.39 is 6.04 Å². The predicted octanol–water partition coefficient (Wildman–Crippen LogP) is 0.407. The third-order valence-corrected chi connectivity index (χ3v) is 2.38. The fourth-order valence-corrected chi connectivity index (χ4v) is 1.53. The van der Waals surface area contributed by atoms with Gasteiger partial charge in [-0.1, -0.05) is 12.5 Å².